The lowest BCUT2D eigenvalue weighted by Gasteiger charge is -2.24. The van der Waals surface area contributed by atoms with Crippen molar-refractivity contribution >= 4 is 109 Å². The molecule has 72 heavy (non-hydrogen) atoms. The van der Waals surface area contributed by atoms with Crippen molar-refractivity contribution in [2.45, 2.75) is 38.5 Å². The minimum absolute atomic E-state index is 0.346. The van der Waals surface area contributed by atoms with Crippen molar-refractivity contribution in [3.8, 4) is 44.5 Å². The molecule has 0 saturated carbocycles. The van der Waals surface area contributed by atoms with E-state index in [1.54, 1.807) is 0 Å². The van der Waals surface area contributed by atoms with Crippen LogP contribution >= 0.6 is 0 Å². The van der Waals surface area contributed by atoms with Crippen LogP contribution in [0.25, 0.3) is 154 Å². The van der Waals surface area contributed by atoms with Crippen LogP contribution in [-0.4, -0.2) is 0 Å². The smallest absolute Gasteiger partial charge is 0.143 e. The summed E-state index contributed by atoms with van der Waals surface area (Å²) in [5.41, 5.74) is 21.0. The Bertz CT molecular complexity index is 4670. The fourth-order valence-electron chi connectivity index (χ4n) is 13.5. The zero-order valence-electron chi connectivity index (χ0n) is 40.0. The van der Waals surface area contributed by atoms with Crippen LogP contribution in [-0.2, 0) is 10.8 Å². The number of fused-ring (bicyclic) bond motifs is 24. The molecule has 4 heterocycles. The van der Waals surface area contributed by atoms with E-state index in [-0.39, 0.29) is 10.8 Å². The van der Waals surface area contributed by atoms with Crippen LogP contribution in [0.1, 0.15) is 49.9 Å². The fraction of sp³-hybridized carbons (Fsp3) is 0.0882. The van der Waals surface area contributed by atoms with Crippen molar-refractivity contribution in [2.75, 3.05) is 0 Å². The summed E-state index contributed by atoms with van der Waals surface area (Å²) in [6.07, 6.45) is 0. The summed E-state index contributed by atoms with van der Waals surface area (Å²) < 4.78 is 27.3. The lowest BCUT2D eigenvalue weighted by Crippen LogP contribution is -2.17. The second-order valence-corrected chi connectivity index (χ2v) is 21.4. The van der Waals surface area contributed by atoms with E-state index in [9.17, 15) is 0 Å². The summed E-state index contributed by atoms with van der Waals surface area (Å²) in [7, 11) is 0. The minimum Gasteiger partial charge on any atom is -0.456 e. The van der Waals surface area contributed by atoms with Crippen LogP contribution in [0.15, 0.2) is 200 Å². The molecule has 0 saturated heterocycles. The minimum atomic E-state index is -0.346. The first kappa shape index (κ1) is 38.9. The molecule has 0 spiro atoms. The maximum Gasteiger partial charge on any atom is 0.143 e. The largest absolute Gasteiger partial charge is 0.456 e. The molecule has 0 aliphatic heterocycles. The third-order valence-electron chi connectivity index (χ3n) is 17.0. The van der Waals surface area contributed by atoms with E-state index in [4.69, 9.17) is 17.7 Å². The Hall–Kier alpha value is -8.86. The SMILES string of the molecule is CC1(C)c2cc3c(cc2-c2c1cc(-c1ccc4c(c1)oc1ccc5ccccc5c14)c1oc4ccccc4c21)C(C)(C)c1cc(-c2ccc4c(c2)oc2ccc5ccccc5c24)c2oc4ccccc4c2c1-3. The highest BCUT2D eigenvalue weighted by atomic mass is 16.3. The summed E-state index contributed by atoms with van der Waals surface area (Å²) in [5, 5.41) is 13.9. The van der Waals surface area contributed by atoms with Gasteiger partial charge in [-0.1, -0.05) is 137 Å². The summed E-state index contributed by atoms with van der Waals surface area (Å²) in [4.78, 5) is 0. The molecule has 0 amide bonds. The number of benzene rings is 11. The third kappa shape index (κ3) is 4.78. The lowest BCUT2D eigenvalue weighted by atomic mass is 9.79. The van der Waals surface area contributed by atoms with Gasteiger partial charge in [0.2, 0.25) is 0 Å². The van der Waals surface area contributed by atoms with Crippen molar-refractivity contribution < 1.29 is 17.7 Å². The first-order valence-corrected chi connectivity index (χ1v) is 25.0. The fourth-order valence-corrected chi connectivity index (χ4v) is 13.5. The molecule has 0 bridgehead atoms. The summed E-state index contributed by atoms with van der Waals surface area (Å²) in [6, 6.07) is 66.0. The third-order valence-corrected chi connectivity index (χ3v) is 17.0. The topological polar surface area (TPSA) is 52.6 Å². The Labute approximate surface area is 412 Å². The van der Waals surface area contributed by atoms with Crippen molar-refractivity contribution in [2.24, 2.45) is 0 Å². The molecular formula is C68H42O4. The summed E-state index contributed by atoms with van der Waals surface area (Å²) in [6.45, 7) is 9.61. The maximum atomic E-state index is 7.01. The predicted molar refractivity (Wildman–Crippen MR) is 297 cm³/mol. The molecule has 2 aliphatic carbocycles. The molecule has 2 aliphatic rings. The lowest BCUT2D eigenvalue weighted by molar-refractivity contribution is 0.650. The molecule has 4 nitrogen and oxygen atoms in total. The molecule has 15 aromatic rings. The number of furan rings is 4. The second-order valence-electron chi connectivity index (χ2n) is 21.4. The zero-order chi connectivity index (χ0) is 47.5. The Morgan fingerprint density at radius 2 is 0.667 bits per heavy atom. The first-order chi connectivity index (χ1) is 35.2. The van der Waals surface area contributed by atoms with E-state index >= 15 is 0 Å². The Morgan fingerprint density at radius 3 is 1.12 bits per heavy atom. The maximum absolute atomic E-state index is 7.01. The van der Waals surface area contributed by atoms with E-state index in [1.165, 1.54) is 66.1 Å². The van der Waals surface area contributed by atoms with Gasteiger partial charge in [0.1, 0.15) is 44.7 Å². The van der Waals surface area contributed by atoms with E-state index in [1.807, 2.05) is 0 Å². The molecule has 4 heteroatoms. The van der Waals surface area contributed by atoms with Crippen LogP contribution in [0.2, 0.25) is 0 Å². The van der Waals surface area contributed by atoms with E-state index in [0.29, 0.717) is 0 Å². The average Bonchev–Trinajstić information content (AvgIpc) is 4.25. The van der Waals surface area contributed by atoms with Crippen molar-refractivity contribution in [3.63, 3.8) is 0 Å². The second kappa shape index (κ2) is 13.1. The molecule has 0 radical (unpaired) electrons. The number of rotatable bonds is 2. The highest BCUT2D eigenvalue weighted by Crippen LogP contribution is 2.61. The summed E-state index contributed by atoms with van der Waals surface area (Å²) >= 11 is 0. The van der Waals surface area contributed by atoms with Crippen LogP contribution < -0.4 is 0 Å². The molecule has 17 rings (SSSR count). The average molecular weight is 923 g/mol. The number of hydrogen-bond acceptors (Lipinski definition) is 4. The highest BCUT2D eigenvalue weighted by molar-refractivity contribution is 6.24. The first-order valence-electron chi connectivity index (χ1n) is 25.0. The van der Waals surface area contributed by atoms with Crippen molar-refractivity contribution in [1.82, 2.24) is 0 Å². The van der Waals surface area contributed by atoms with E-state index in [0.717, 1.165) is 110 Å². The van der Waals surface area contributed by atoms with Crippen molar-refractivity contribution in [3.05, 3.63) is 204 Å². The van der Waals surface area contributed by atoms with Gasteiger partial charge in [0.15, 0.2) is 0 Å². The van der Waals surface area contributed by atoms with Crippen molar-refractivity contribution in [1.29, 1.82) is 0 Å². The Kier molecular flexibility index (Phi) is 7.08. The van der Waals surface area contributed by atoms with Crippen LogP contribution in [0.4, 0.5) is 0 Å². The predicted octanol–water partition coefficient (Wildman–Crippen LogP) is 19.5. The van der Waals surface area contributed by atoms with E-state index < -0.39 is 0 Å². The molecule has 11 aromatic carbocycles. The molecule has 338 valence electrons. The molecule has 0 unspecified atom stereocenters. The zero-order valence-corrected chi connectivity index (χ0v) is 40.0. The van der Waals surface area contributed by atoms with Gasteiger partial charge in [-0.15, -0.1) is 0 Å². The van der Waals surface area contributed by atoms with Gasteiger partial charge in [0, 0.05) is 65.0 Å². The number of para-hydroxylation sites is 2. The van der Waals surface area contributed by atoms with E-state index in [2.05, 4.69) is 210 Å². The molecule has 0 fully saturated rings. The number of hydrogen-bond donors (Lipinski definition) is 0. The van der Waals surface area contributed by atoms with Gasteiger partial charge < -0.3 is 17.7 Å². The summed E-state index contributed by atoms with van der Waals surface area (Å²) in [5.74, 6) is 0. The van der Waals surface area contributed by atoms with Crippen LogP contribution in [0, 0.1) is 0 Å². The standard InChI is InChI=1S/C68H42O4/c1-67(2)49-33-48-50(34-47(49)61-51(67)31-45(65-63(61)41-17-9-11-19-53(41)71-65)37-21-25-43-57(29-37)69-55-27-23-35-13-5-7-15-39(35)59(43)55)68(3,4)52-32-46(66-64(62(48)52)42-18-10-12-20-54(42)72-66)38-22-26-44-58(30-38)70-56-28-24-36-14-6-8-16-40(36)60(44)56/h5-34H,1-4H3. The van der Waals surface area contributed by atoms with Gasteiger partial charge in [0.05, 0.1) is 0 Å². The molecule has 0 atom stereocenters. The van der Waals surface area contributed by atoms with Gasteiger partial charge >= 0.3 is 0 Å². The van der Waals surface area contributed by atoms with Crippen LogP contribution in [0.3, 0.4) is 0 Å². The van der Waals surface area contributed by atoms with Gasteiger partial charge in [-0.3, -0.25) is 0 Å². The van der Waals surface area contributed by atoms with Gasteiger partial charge in [-0.25, -0.2) is 0 Å². The van der Waals surface area contributed by atoms with Gasteiger partial charge in [-0.05, 0) is 150 Å². The van der Waals surface area contributed by atoms with Gasteiger partial charge in [-0.2, -0.15) is 0 Å². The Morgan fingerprint density at radius 1 is 0.278 bits per heavy atom. The monoisotopic (exact) mass is 922 g/mol. The Balaban J connectivity index is 0.885. The molecular weight excluding hydrogens is 881 g/mol. The normalized spacial score (nSPS) is 14.6. The highest BCUT2D eigenvalue weighted by Gasteiger charge is 2.45. The quantitative estimate of drug-likeness (QED) is 0.173. The molecule has 4 aromatic heterocycles. The molecule has 0 N–H and O–H groups in total. The van der Waals surface area contributed by atoms with Gasteiger partial charge in [0.25, 0.3) is 0 Å². The van der Waals surface area contributed by atoms with Crippen LogP contribution in [0.5, 0.6) is 0 Å².